The highest BCUT2D eigenvalue weighted by Gasteiger charge is 2.31. The number of amides is 1. The summed E-state index contributed by atoms with van der Waals surface area (Å²) in [6.07, 6.45) is 2.13. The van der Waals surface area contributed by atoms with Crippen LogP contribution < -0.4 is 21.7 Å². The van der Waals surface area contributed by atoms with Gasteiger partial charge in [0.15, 0.2) is 6.23 Å². The Morgan fingerprint density at radius 1 is 1.34 bits per heavy atom. The third-order valence-corrected chi connectivity index (χ3v) is 6.37. The van der Waals surface area contributed by atoms with Crippen LogP contribution in [0.15, 0.2) is 54.4 Å². The molecule has 0 saturated carbocycles. The number of carbonyl (C=O) groups excluding carboxylic acids is 1. The minimum Gasteiger partial charge on any atom is -0.493 e. The molecule has 0 saturated heterocycles. The van der Waals surface area contributed by atoms with Crippen LogP contribution in [0.1, 0.15) is 36.2 Å². The molecule has 186 valence electrons. The fourth-order valence-corrected chi connectivity index (χ4v) is 4.51. The number of nitrogens with two attached hydrogens (primary N) is 2. The number of H-pyrrole nitrogens is 1. The highest BCUT2D eigenvalue weighted by Crippen LogP contribution is 2.38. The van der Waals surface area contributed by atoms with E-state index >= 15 is 0 Å². The maximum absolute atomic E-state index is 11.9. The highest BCUT2D eigenvalue weighted by molar-refractivity contribution is 6.31. The molecule has 10 heteroatoms. The Balaban J connectivity index is 1.44. The Bertz CT molecular complexity index is 1190. The smallest absolute Gasteiger partial charge is 0.210 e. The molecule has 4 rings (SSSR count). The van der Waals surface area contributed by atoms with Crippen LogP contribution in [-0.4, -0.2) is 46.9 Å². The minimum atomic E-state index is -0.795. The molecule has 2 heterocycles. The van der Waals surface area contributed by atoms with Gasteiger partial charge in [0.05, 0.1) is 18.8 Å². The first-order valence-corrected chi connectivity index (χ1v) is 11.8. The number of ether oxygens (including phenoxy) is 1. The molecule has 0 radical (unpaired) electrons. The summed E-state index contributed by atoms with van der Waals surface area (Å²) < 4.78 is 5.82. The molecule has 9 nitrogen and oxygen atoms in total. The van der Waals surface area contributed by atoms with E-state index < -0.39 is 12.3 Å². The number of hydrogen-bond acceptors (Lipinski definition) is 7. The van der Waals surface area contributed by atoms with Gasteiger partial charge in [-0.1, -0.05) is 23.7 Å². The number of aliphatic hydroxyl groups is 1. The van der Waals surface area contributed by atoms with Gasteiger partial charge in [-0.25, -0.2) is 5.90 Å². The van der Waals surface area contributed by atoms with Crippen LogP contribution >= 0.6 is 11.6 Å². The van der Waals surface area contributed by atoms with Crippen LogP contribution in [0.4, 0.5) is 0 Å². The first-order valence-electron chi connectivity index (χ1n) is 11.4. The Kier molecular flexibility index (Phi) is 7.82. The van der Waals surface area contributed by atoms with E-state index in [2.05, 4.69) is 15.1 Å². The second-order valence-corrected chi connectivity index (χ2v) is 8.99. The van der Waals surface area contributed by atoms with Crippen LogP contribution in [0.3, 0.4) is 0 Å². The second kappa shape index (κ2) is 11.0. The number of hydrogen-bond donors (Lipinski definition) is 5. The number of nitrogens with one attached hydrogen (secondary N) is 2. The van der Waals surface area contributed by atoms with Gasteiger partial charge in [-0.05, 0) is 54.8 Å². The quantitative estimate of drug-likeness (QED) is 0.164. The molecule has 1 aliphatic rings. The van der Waals surface area contributed by atoms with E-state index in [0.717, 1.165) is 35.0 Å². The van der Waals surface area contributed by atoms with Crippen molar-refractivity contribution in [3.05, 3.63) is 76.2 Å². The summed E-state index contributed by atoms with van der Waals surface area (Å²) in [5.41, 5.74) is 10.7. The molecule has 3 aromatic rings. The number of carbonyl (C=O) groups is 1. The lowest BCUT2D eigenvalue weighted by atomic mass is 9.93. The average molecular weight is 500 g/mol. The van der Waals surface area contributed by atoms with E-state index in [0.29, 0.717) is 36.0 Å². The fraction of sp³-hybridized carbons (Fsp3) is 0.320. The number of nitrogens with zero attached hydrogens (tertiary/aromatic N) is 1. The van der Waals surface area contributed by atoms with Crippen molar-refractivity contribution in [1.29, 1.82) is 0 Å². The predicted octanol–water partition coefficient (Wildman–Crippen LogP) is 2.68. The van der Waals surface area contributed by atoms with Gasteiger partial charge < -0.3 is 30.8 Å². The molecule has 1 aliphatic heterocycles. The molecule has 3 unspecified atom stereocenters. The summed E-state index contributed by atoms with van der Waals surface area (Å²) in [7, 11) is 0. The van der Waals surface area contributed by atoms with E-state index in [1.54, 1.807) is 18.0 Å². The maximum Gasteiger partial charge on any atom is 0.210 e. The maximum atomic E-state index is 11.9. The van der Waals surface area contributed by atoms with Crippen molar-refractivity contribution in [3.8, 4) is 5.75 Å². The van der Waals surface area contributed by atoms with Crippen LogP contribution in [0.25, 0.3) is 10.9 Å². The lowest BCUT2D eigenvalue weighted by Crippen LogP contribution is -2.40. The van der Waals surface area contributed by atoms with E-state index in [4.69, 9.17) is 28.0 Å². The van der Waals surface area contributed by atoms with Gasteiger partial charge in [0.25, 0.3) is 0 Å². The van der Waals surface area contributed by atoms with Crippen molar-refractivity contribution in [1.82, 2.24) is 15.2 Å². The Labute approximate surface area is 208 Å². The summed E-state index contributed by atoms with van der Waals surface area (Å²) in [5, 5.41) is 14.1. The average Bonchev–Trinajstić information content (AvgIpc) is 3.22. The molecule has 0 aliphatic carbocycles. The van der Waals surface area contributed by atoms with Gasteiger partial charge in [0.1, 0.15) is 5.75 Å². The van der Waals surface area contributed by atoms with Gasteiger partial charge in [0.2, 0.25) is 6.41 Å². The van der Waals surface area contributed by atoms with Gasteiger partial charge in [0, 0.05) is 46.5 Å². The molecular weight excluding hydrogens is 470 g/mol. The highest BCUT2D eigenvalue weighted by atomic mass is 35.5. The Hall–Kier alpha value is -3.24. The number of aliphatic hydroxyl groups excluding tert-OH is 1. The molecule has 7 N–H and O–H groups in total. The third-order valence-electron chi connectivity index (χ3n) is 6.13. The summed E-state index contributed by atoms with van der Waals surface area (Å²) in [6.45, 7) is 2.55. The van der Waals surface area contributed by atoms with E-state index in [-0.39, 0.29) is 6.04 Å². The summed E-state index contributed by atoms with van der Waals surface area (Å²) in [4.78, 5) is 21.8. The third kappa shape index (κ3) is 5.54. The minimum absolute atomic E-state index is 0.215. The van der Waals surface area contributed by atoms with Crippen molar-refractivity contribution < 1.29 is 19.5 Å². The molecule has 0 spiro atoms. The molecule has 3 atom stereocenters. The zero-order valence-corrected chi connectivity index (χ0v) is 20.2. The molecule has 2 aromatic carbocycles. The van der Waals surface area contributed by atoms with Crippen molar-refractivity contribution in [2.75, 3.05) is 13.2 Å². The SMILES string of the molecule is CC(O)C(N/C=C(\N)CCOc1ccc(C2c3[nH]c4ccc(Cl)cc4c3CCN2C=O)cc1)ON. The fourth-order valence-electron chi connectivity index (χ4n) is 4.34. The Morgan fingerprint density at radius 3 is 2.80 bits per heavy atom. The Morgan fingerprint density at radius 2 is 2.11 bits per heavy atom. The van der Waals surface area contributed by atoms with Crippen LogP contribution in [0, 0.1) is 0 Å². The number of halogens is 1. The second-order valence-electron chi connectivity index (χ2n) is 8.55. The standard InChI is InChI=1S/C25H30ClN5O4/c1-15(33)25(35-28)29-13-18(27)9-11-34-19-5-2-16(3-6-19)24-23-20(8-10-31(24)14-32)21-12-17(26)4-7-22(21)30-23/h2-7,12-15,24-25,29-30,33H,8-11,27-28H2,1H3/b18-13-. The van der Waals surface area contributed by atoms with Crippen LogP contribution in [-0.2, 0) is 16.1 Å². The van der Waals surface area contributed by atoms with E-state index in [1.807, 2.05) is 42.5 Å². The zero-order chi connectivity index (χ0) is 24.9. The normalized spacial score (nSPS) is 17.7. The van der Waals surface area contributed by atoms with Gasteiger partial charge in [-0.2, -0.15) is 0 Å². The molecule has 1 amide bonds. The number of aromatic amines is 1. The van der Waals surface area contributed by atoms with Crippen molar-refractivity contribution in [3.63, 3.8) is 0 Å². The van der Waals surface area contributed by atoms with E-state index in [9.17, 15) is 9.90 Å². The molecule has 0 fully saturated rings. The lowest BCUT2D eigenvalue weighted by molar-refractivity contribution is -0.120. The van der Waals surface area contributed by atoms with E-state index in [1.165, 1.54) is 5.56 Å². The van der Waals surface area contributed by atoms with Gasteiger partial charge in [-0.15, -0.1) is 0 Å². The summed E-state index contributed by atoms with van der Waals surface area (Å²) in [6, 6.07) is 13.3. The van der Waals surface area contributed by atoms with Crippen molar-refractivity contribution in [2.45, 2.75) is 38.1 Å². The molecule has 1 aromatic heterocycles. The number of benzene rings is 2. The first kappa shape index (κ1) is 24.9. The van der Waals surface area contributed by atoms with Crippen molar-refractivity contribution >= 4 is 28.9 Å². The predicted molar refractivity (Wildman–Crippen MR) is 134 cm³/mol. The van der Waals surface area contributed by atoms with Crippen LogP contribution in [0.2, 0.25) is 5.02 Å². The first-order chi connectivity index (χ1) is 16.9. The zero-order valence-electron chi connectivity index (χ0n) is 19.4. The number of rotatable bonds is 10. The van der Waals surface area contributed by atoms with Crippen molar-refractivity contribution in [2.24, 2.45) is 11.6 Å². The van der Waals surface area contributed by atoms with Gasteiger partial charge >= 0.3 is 0 Å². The summed E-state index contributed by atoms with van der Waals surface area (Å²) >= 11 is 6.23. The summed E-state index contributed by atoms with van der Waals surface area (Å²) in [5.74, 6) is 5.82. The lowest BCUT2D eigenvalue weighted by Gasteiger charge is -2.33. The molecule has 35 heavy (non-hydrogen) atoms. The number of aromatic nitrogens is 1. The van der Waals surface area contributed by atoms with Gasteiger partial charge in [-0.3, -0.25) is 9.63 Å². The topological polar surface area (TPSA) is 139 Å². The molecular formula is C25H30ClN5O4. The largest absolute Gasteiger partial charge is 0.493 e. The number of fused-ring (bicyclic) bond motifs is 3. The monoisotopic (exact) mass is 499 g/mol. The molecule has 0 bridgehead atoms. The van der Waals surface area contributed by atoms with Crippen LogP contribution in [0.5, 0.6) is 5.75 Å².